The second-order valence-electron chi connectivity index (χ2n) is 5.97. The molecule has 1 N–H and O–H groups in total. The van der Waals surface area contributed by atoms with E-state index < -0.39 is 25.1 Å². The number of nitrogens with one attached hydrogen (secondary N) is 1. The number of carbonyl (C=O) groups excluding carboxylic acids is 2. The Morgan fingerprint density at radius 3 is 2.23 bits per heavy atom. The largest absolute Gasteiger partial charge is 0.457 e. The molecule has 0 spiro atoms. The second-order valence-corrected chi connectivity index (χ2v) is 5.97. The summed E-state index contributed by atoms with van der Waals surface area (Å²) in [5.41, 5.74) is 0.570. The lowest BCUT2D eigenvalue weighted by Crippen LogP contribution is -2.20. The smallest absolute Gasteiger partial charge is 0.387 e. The van der Waals surface area contributed by atoms with E-state index in [1.165, 1.54) is 30.3 Å². The standard InChI is InChI=1S/C22H17F2NO5/c23-22(24)30-18-11-9-16(10-12-18)25-20(26)14-28-21(27)15-5-4-8-19(13-15)29-17-6-2-1-3-7-17/h1-13,22H,14H2,(H,25,26). The van der Waals surface area contributed by atoms with Crippen LogP contribution in [0.1, 0.15) is 10.4 Å². The molecule has 0 fully saturated rings. The fourth-order valence-corrected chi connectivity index (χ4v) is 2.44. The molecule has 0 aliphatic rings. The summed E-state index contributed by atoms with van der Waals surface area (Å²) >= 11 is 0. The van der Waals surface area contributed by atoms with Crippen LogP contribution < -0.4 is 14.8 Å². The predicted molar refractivity (Wildman–Crippen MR) is 105 cm³/mol. The van der Waals surface area contributed by atoms with Crippen molar-refractivity contribution in [3.63, 3.8) is 0 Å². The van der Waals surface area contributed by atoms with Gasteiger partial charge in [0.2, 0.25) is 0 Å². The summed E-state index contributed by atoms with van der Waals surface area (Å²) in [6, 6.07) is 20.8. The van der Waals surface area contributed by atoms with Crippen LogP contribution in [-0.2, 0) is 9.53 Å². The van der Waals surface area contributed by atoms with Gasteiger partial charge in [0.1, 0.15) is 17.2 Å². The molecule has 0 saturated heterocycles. The van der Waals surface area contributed by atoms with Crippen LogP contribution in [0.3, 0.4) is 0 Å². The Hall–Kier alpha value is -3.94. The number of ether oxygens (including phenoxy) is 3. The van der Waals surface area contributed by atoms with Crippen molar-refractivity contribution >= 4 is 17.6 Å². The molecule has 154 valence electrons. The highest BCUT2D eigenvalue weighted by Crippen LogP contribution is 2.22. The molecule has 1 amide bonds. The second kappa shape index (κ2) is 10.0. The van der Waals surface area contributed by atoms with E-state index in [9.17, 15) is 18.4 Å². The maximum absolute atomic E-state index is 12.2. The van der Waals surface area contributed by atoms with Gasteiger partial charge in [0.25, 0.3) is 5.91 Å². The molecular formula is C22H17F2NO5. The van der Waals surface area contributed by atoms with Gasteiger partial charge in [-0.15, -0.1) is 0 Å². The molecule has 0 saturated carbocycles. The summed E-state index contributed by atoms with van der Waals surface area (Å²) in [5.74, 6) is -0.238. The molecule has 6 nitrogen and oxygen atoms in total. The molecule has 0 atom stereocenters. The van der Waals surface area contributed by atoms with Gasteiger partial charge < -0.3 is 19.5 Å². The molecule has 0 radical (unpaired) electrons. The average molecular weight is 413 g/mol. The number of amides is 1. The number of esters is 1. The third-order valence-electron chi connectivity index (χ3n) is 3.75. The summed E-state index contributed by atoms with van der Waals surface area (Å²) in [4.78, 5) is 24.2. The molecule has 0 heterocycles. The van der Waals surface area contributed by atoms with Crippen LogP contribution in [0.2, 0.25) is 0 Å². The van der Waals surface area contributed by atoms with Crippen LogP contribution in [-0.4, -0.2) is 25.1 Å². The Morgan fingerprint density at radius 1 is 0.833 bits per heavy atom. The summed E-state index contributed by atoms with van der Waals surface area (Å²) in [5, 5.41) is 2.49. The van der Waals surface area contributed by atoms with Gasteiger partial charge in [0.15, 0.2) is 6.61 Å². The average Bonchev–Trinajstić information content (AvgIpc) is 2.74. The highest BCUT2D eigenvalue weighted by molar-refractivity contribution is 5.95. The predicted octanol–water partition coefficient (Wildman–Crippen LogP) is 4.88. The first-order valence-electron chi connectivity index (χ1n) is 8.84. The molecule has 30 heavy (non-hydrogen) atoms. The molecule has 0 bridgehead atoms. The number of anilines is 1. The first-order valence-corrected chi connectivity index (χ1v) is 8.84. The van der Waals surface area contributed by atoms with Crippen LogP contribution in [0.4, 0.5) is 14.5 Å². The zero-order valence-corrected chi connectivity index (χ0v) is 15.6. The maximum atomic E-state index is 12.2. The topological polar surface area (TPSA) is 73.9 Å². The van der Waals surface area contributed by atoms with Gasteiger partial charge in [0.05, 0.1) is 5.56 Å². The lowest BCUT2D eigenvalue weighted by Gasteiger charge is -2.09. The van der Waals surface area contributed by atoms with Gasteiger partial charge in [-0.2, -0.15) is 8.78 Å². The summed E-state index contributed by atoms with van der Waals surface area (Å²) in [6.07, 6.45) is 0. The number of hydrogen-bond donors (Lipinski definition) is 1. The summed E-state index contributed by atoms with van der Waals surface area (Å²) in [7, 11) is 0. The van der Waals surface area contributed by atoms with E-state index in [-0.39, 0.29) is 11.3 Å². The van der Waals surface area contributed by atoms with Crippen molar-refractivity contribution < 1.29 is 32.6 Å². The minimum Gasteiger partial charge on any atom is -0.457 e. The zero-order valence-electron chi connectivity index (χ0n) is 15.6. The number of para-hydroxylation sites is 1. The summed E-state index contributed by atoms with van der Waals surface area (Å²) < 4.78 is 39.2. The molecule has 0 unspecified atom stereocenters. The molecule has 8 heteroatoms. The van der Waals surface area contributed by atoms with Crippen LogP contribution >= 0.6 is 0 Å². The number of benzene rings is 3. The molecule has 3 aromatic rings. The van der Waals surface area contributed by atoms with Crippen molar-refractivity contribution in [2.45, 2.75) is 6.61 Å². The molecule has 0 aliphatic heterocycles. The number of alkyl halides is 2. The lowest BCUT2D eigenvalue weighted by atomic mass is 10.2. The highest BCUT2D eigenvalue weighted by atomic mass is 19.3. The minimum atomic E-state index is -2.93. The van der Waals surface area contributed by atoms with E-state index in [1.54, 1.807) is 30.3 Å². The van der Waals surface area contributed by atoms with Gasteiger partial charge in [-0.3, -0.25) is 4.79 Å². The van der Waals surface area contributed by atoms with Crippen molar-refractivity contribution in [2.24, 2.45) is 0 Å². The Bertz CT molecular complexity index is 994. The van der Waals surface area contributed by atoms with Crippen LogP contribution in [0.5, 0.6) is 17.2 Å². The summed E-state index contributed by atoms with van der Waals surface area (Å²) in [6.45, 7) is -3.45. The Labute approximate surface area is 171 Å². The number of carbonyl (C=O) groups is 2. The van der Waals surface area contributed by atoms with Crippen molar-refractivity contribution in [2.75, 3.05) is 11.9 Å². The van der Waals surface area contributed by atoms with Gasteiger partial charge in [-0.25, -0.2) is 4.79 Å². The van der Waals surface area contributed by atoms with E-state index >= 15 is 0 Å². The maximum Gasteiger partial charge on any atom is 0.387 e. The van der Waals surface area contributed by atoms with E-state index in [0.29, 0.717) is 17.2 Å². The lowest BCUT2D eigenvalue weighted by molar-refractivity contribution is -0.119. The number of halogens is 2. The molecule has 3 rings (SSSR count). The third-order valence-corrected chi connectivity index (χ3v) is 3.75. The van der Waals surface area contributed by atoms with Crippen LogP contribution in [0, 0.1) is 0 Å². The quantitative estimate of drug-likeness (QED) is 0.533. The molecule has 3 aromatic carbocycles. The number of hydrogen-bond acceptors (Lipinski definition) is 5. The molecular weight excluding hydrogens is 396 g/mol. The Morgan fingerprint density at radius 2 is 1.53 bits per heavy atom. The van der Waals surface area contributed by atoms with Crippen molar-refractivity contribution in [3.8, 4) is 17.2 Å². The minimum absolute atomic E-state index is 0.0352. The van der Waals surface area contributed by atoms with Crippen molar-refractivity contribution in [3.05, 3.63) is 84.4 Å². The van der Waals surface area contributed by atoms with E-state index in [0.717, 1.165) is 0 Å². The van der Waals surface area contributed by atoms with Crippen LogP contribution in [0.25, 0.3) is 0 Å². The highest BCUT2D eigenvalue weighted by Gasteiger charge is 2.12. The van der Waals surface area contributed by atoms with Crippen molar-refractivity contribution in [1.29, 1.82) is 0 Å². The van der Waals surface area contributed by atoms with Gasteiger partial charge in [-0.1, -0.05) is 24.3 Å². The Balaban J connectivity index is 1.51. The first-order chi connectivity index (χ1) is 14.5. The zero-order chi connectivity index (χ0) is 21.3. The van der Waals surface area contributed by atoms with Crippen molar-refractivity contribution in [1.82, 2.24) is 0 Å². The monoisotopic (exact) mass is 413 g/mol. The Kier molecular flexibility index (Phi) is 6.94. The molecule has 0 aliphatic carbocycles. The first kappa shape index (κ1) is 20.8. The fraction of sp³-hybridized carbons (Fsp3) is 0.0909. The van der Waals surface area contributed by atoms with Gasteiger partial charge >= 0.3 is 12.6 Å². The van der Waals surface area contributed by atoms with Gasteiger partial charge in [-0.05, 0) is 54.6 Å². The van der Waals surface area contributed by atoms with E-state index in [1.807, 2.05) is 18.2 Å². The molecule has 0 aromatic heterocycles. The SMILES string of the molecule is O=C(COC(=O)c1cccc(Oc2ccccc2)c1)Nc1ccc(OC(F)F)cc1. The third kappa shape index (κ3) is 6.30. The normalized spacial score (nSPS) is 10.4. The van der Waals surface area contributed by atoms with Gasteiger partial charge in [0, 0.05) is 5.69 Å². The van der Waals surface area contributed by atoms with E-state index in [4.69, 9.17) is 9.47 Å². The van der Waals surface area contributed by atoms with E-state index in [2.05, 4.69) is 10.1 Å². The number of rotatable bonds is 8. The van der Waals surface area contributed by atoms with Crippen LogP contribution in [0.15, 0.2) is 78.9 Å². The fourth-order valence-electron chi connectivity index (χ4n) is 2.44.